The fourth-order valence-electron chi connectivity index (χ4n) is 2.50. The van der Waals surface area contributed by atoms with Crippen LogP contribution in [0.1, 0.15) is 43.6 Å². The quantitative estimate of drug-likeness (QED) is 0.827. The van der Waals surface area contributed by atoms with E-state index in [-0.39, 0.29) is 11.9 Å². The zero-order valence-electron chi connectivity index (χ0n) is 11.3. The van der Waals surface area contributed by atoms with Crippen molar-refractivity contribution in [2.75, 3.05) is 6.61 Å². The lowest BCUT2D eigenvalue weighted by Gasteiger charge is -2.22. The molecule has 106 valence electrons. The summed E-state index contributed by atoms with van der Waals surface area (Å²) in [6, 6.07) is 9.04. The lowest BCUT2D eigenvalue weighted by Crippen LogP contribution is -2.21. The second-order valence-electron chi connectivity index (χ2n) is 5.11. The average Bonchev–Trinajstić information content (AvgIpc) is 2.47. The maximum Gasteiger partial charge on any atom is 0.154 e. The monoisotopic (exact) mass is 291 g/mol. The van der Waals surface area contributed by atoms with Crippen molar-refractivity contribution in [1.29, 1.82) is 5.26 Å². The summed E-state index contributed by atoms with van der Waals surface area (Å²) in [5, 5.41) is 9.78. The van der Waals surface area contributed by atoms with Crippen molar-refractivity contribution in [3.8, 4) is 6.07 Å². The van der Waals surface area contributed by atoms with E-state index in [0.717, 1.165) is 25.9 Å². The van der Waals surface area contributed by atoms with Crippen LogP contribution in [0.25, 0.3) is 0 Å². The Morgan fingerprint density at radius 2 is 2.35 bits per heavy atom. The molecule has 20 heavy (non-hydrogen) atoms. The Kier molecular flexibility index (Phi) is 5.58. The molecule has 0 aromatic heterocycles. The SMILES string of the molecule is N#CC(C(=O)CCC1CCCCO1)c1cccc(Cl)c1. The Labute approximate surface area is 124 Å². The molecule has 0 saturated carbocycles. The van der Waals surface area contributed by atoms with E-state index in [1.807, 2.05) is 0 Å². The number of ketones is 1. The minimum Gasteiger partial charge on any atom is -0.378 e. The van der Waals surface area contributed by atoms with E-state index in [1.54, 1.807) is 24.3 Å². The minimum atomic E-state index is -0.725. The van der Waals surface area contributed by atoms with Gasteiger partial charge in [-0.3, -0.25) is 4.79 Å². The highest BCUT2D eigenvalue weighted by molar-refractivity contribution is 6.30. The molecule has 0 N–H and O–H groups in total. The smallest absolute Gasteiger partial charge is 0.154 e. The summed E-state index contributed by atoms with van der Waals surface area (Å²) in [4.78, 5) is 12.2. The number of carbonyl (C=O) groups excluding carboxylic acids is 1. The van der Waals surface area contributed by atoms with Gasteiger partial charge in [-0.1, -0.05) is 23.7 Å². The number of nitriles is 1. The fourth-order valence-corrected chi connectivity index (χ4v) is 2.70. The predicted molar refractivity (Wildman–Crippen MR) is 77.6 cm³/mol. The van der Waals surface area contributed by atoms with E-state index >= 15 is 0 Å². The lowest BCUT2D eigenvalue weighted by atomic mass is 9.92. The first kappa shape index (κ1) is 15.0. The van der Waals surface area contributed by atoms with Gasteiger partial charge in [0.25, 0.3) is 0 Å². The van der Waals surface area contributed by atoms with Crippen LogP contribution in [0.2, 0.25) is 5.02 Å². The third-order valence-electron chi connectivity index (χ3n) is 3.62. The zero-order valence-corrected chi connectivity index (χ0v) is 12.1. The van der Waals surface area contributed by atoms with Gasteiger partial charge in [0.05, 0.1) is 12.2 Å². The number of halogens is 1. The predicted octanol–water partition coefficient (Wildman–Crippen LogP) is 3.87. The van der Waals surface area contributed by atoms with Gasteiger partial charge in [-0.05, 0) is 43.4 Å². The van der Waals surface area contributed by atoms with Crippen molar-refractivity contribution < 1.29 is 9.53 Å². The Morgan fingerprint density at radius 1 is 1.50 bits per heavy atom. The number of nitrogens with zero attached hydrogens (tertiary/aromatic N) is 1. The van der Waals surface area contributed by atoms with Crippen LogP contribution in [-0.4, -0.2) is 18.5 Å². The molecule has 1 fully saturated rings. The second kappa shape index (κ2) is 7.42. The first-order chi connectivity index (χ1) is 9.70. The third-order valence-corrected chi connectivity index (χ3v) is 3.85. The summed E-state index contributed by atoms with van der Waals surface area (Å²) in [5.41, 5.74) is 0.676. The van der Waals surface area contributed by atoms with Gasteiger partial charge in [-0.2, -0.15) is 5.26 Å². The van der Waals surface area contributed by atoms with E-state index in [4.69, 9.17) is 16.3 Å². The van der Waals surface area contributed by atoms with Crippen molar-refractivity contribution in [3.63, 3.8) is 0 Å². The van der Waals surface area contributed by atoms with Crippen LogP contribution in [0.5, 0.6) is 0 Å². The van der Waals surface area contributed by atoms with Crippen LogP contribution in [0.15, 0.2) is 24.3 Å². The number of benzene rings is 1. The molecule has 1 aromatic carbocycles. The van der Waals surface area contributed by atoms with Crippen molar-refractivity contribution in [2.45, 2.75) is 44.1 Å². The molecule has 2 rings (SSSR count). The third kappa shape index (κ3) is 4.06. The number of hydrogen-bond acceptors (Lipinski definition) is 3. The van der Waals surface area contributed by atoms with Crippen molar-refractivity contribution in [3.05, 3.63) is 34.9 Å². The number of hydrogen-bond donors (Lipinski definition) is 0. The van der Waals surface area contributed by atoms with Gasteiger partial charge in [0.1, 0.15) is 5.92 Å². The van der Waals surface area contributed by atoms with Gasteiger partial charge in [0.15, 0.2) is 5.78 Å². The summed E-state index contributed by atoms with van der Waals surface area (Å²) in [7, 11) is 0. The summed E-state index contributed by atoms with van der Waals surface area (Å²) < 4.78 is 5.61. The normalized spacial score (nSPS) is 20.1. The standard InChI is InChI=1S/C16H18ClNO2/c17-13-5-3-4-12(10-13)15(11-18)16(19)8-7-14-6-1-2-9-20-14/h3-5,10,14-15H,1-2,6-9H2. The number of rotatable bonds is 5. The Bertz CT molecular complexity index is 503. The van der Waals surface area contributed by atoms with E-state index in [1.165, 1.54) is 0 Å². The number of ether oxygens (including phenoxy) is 1. The van der Waals surface area contributed by atoms with Crippen LogP contribution in [0.3, 0.4) is 0 Å². The van der Waals surface area contributed by atoms with E-state index in [9.17, 15) is 10.1 Å². The Balaban J connectivity index is 1.94. The molecule has 2 unspecified atom stereocenters. The Morgan fingerprint density at radius 3 is 3.00 bits per heavy atom. The molecule has 1 heterocycles. The Hall–Kier alpha value is -1.37. The zero-order chi connectivity index (χ0) is 14.4. The van der Waals surface area contributed by atoms with Gasteiger partial charge < -0.3 is 4.74 Å². The van der Waals surface area contributed by atoms with Crippen LogP contribution in [0, 0.1) is 11.3 Å². The highest BCUT2D eigenvalue weighted by Gasteiger charge is 2.22. The van der Waals surface area contributed by atoms with Crippen LogP contribution in [0.4, 0.5) is 0 Å². The van der Waals surface area contributed by atoms with Crippen LogP contribution < -0.4 is 0 Å². The first-order valence-corrected chi connectivity index (χ1v) is 7.38. The molecule has 1 saturated heterocycles. The molecule has 2 atom stereocenters. The van der Waals surface area contributed by atoms with Crippen LogP contribution >= 0.6 is 11.6 Å². The first-order valence-electron chi connectivity index (χ1n) is 7.00. The van der Waals surface area contributed by atoms with Gasteiger partial charge >= 0.3 is 0 Å². The highest BCUT2D eigenvalue weighted by Crippen LogP contribution is 2.23. The van der Waals surface area contributed by atoms with Gasteiger partial charge in [0.2, 0.25) is 0 Å². The fraction of sp³-hybridized carbons (Fsp3) is 0.500. The van der Waals surface area contributed by atoms with Gasteiger partial charge in [0, 0.05) is 18.1 Å². The maximum absolute atomic E-state index is 12.2. The maximum atomic E-state index is 12.2. The summed E-state index contributed by atoms with van der Waals surface area (Å²) in [6.45, 7) is 0.787. The van der Waals surface area contributed by atoms with Gasteiger partial charge in [-0.15, -0.1) is 0 Å². The summed E-state index contributed by atoms with van der Waals surface area (Å²) >= 11 is 5.91. The van der Waals surface area contributed by atoms with E-state index < -0.39 is 5.92 Å². The molecule has 0 radical (unpaired) electrons. The van der Waals surface area contributed by atoms with Gasteiger partial charge in [-0.25, -0.2) is 0 Å². The molecular formula is C16H18ClNO2. The topological polar surface area (TPSA) is 50.1 Å². The minimum absolute atomic E-state index is 0.0519. The lowest BCUT2D eigenvalue weighted by molar-refractivity contribution is -0.120. The second-order valence-corrected chi connectivity index (χ2v) is 5.55. The molecule has 0 spiro atoms. The molecule has 1 aromatic rings. The molecule has 3 nitrogen and oxygen atoms in total. The number of Topliss-reactive ketones (excluding diaryl/α,β-unsaturated/α-hetero) is 1. The van der Waals surface area contributed by atoms with Crippen molar-refractivity contribution in [1.82, 2.24) is 0 Å². The molecule has 4 heteroatoms. The molecular weight excluding hydrogens is 274 g/mol. The van der Waals surface area contributed by atoms with Crippen LogP contribution in [-0.2, 0) is 9.53 Å². The molecule has 0 aliphatic carbocycles. The molecule has 1 aliphatic heterocycles. The largest absolute Gasteiger partial charge is 0.378 e. The molecule has 0 bridgehead atoms. The summed E-state index contributed by atoms with van der Waals surface area (Å²) in [6.07, 6.45) is 4.54. The molecule has 0 amide bonds. The van der Waals surface area contributed by atoms with Crippen molar-refractivity contribution in [2.24, 2.45) is 0 Å². The average molecular weight is 292 g/mol. The highest BCUT2D eigenvalue weighted by atomic mass is 35.5. The molecule has 1 aliphatic rings. The van der Waals surface area contributed by atoms with Crippen molar-refractivity contribution >= 4 is 17.4 Å². The van der Waals surface area contributed by atoms with E-state index in [2.05, 4.69) is 6.07 Å². The van der Waals surface area contributed by atoms with E-state index in [0.29, 0.717) is 23.4 Å². The number of carbonyl (C=O) groups is 1. The summed E-state index contributed by atoms with van der Waals surface area (Å²) in [5.74, 6) is -0.777.